The lowest BCUT2D eigenvalue weighted by atomic mass is 10.2. The molecule has 68 valence electrons. The first kappa shape index (κ1) is 11.0. The molecule has 0 saturated carbocycles. The molecule has 12 heavy (non-hydrogen) atoms. The molecule has 0 rings (SSSR count). The summed E-state index contributed by atoms with van der Waals surface area (Å²) in [6.07, 6.45) is 4.19. The second-order valence-electron chi connectivity index (χ2n) is 2.49. The van der Waals surface area contributed by atoms with Gasteiger partial charge in [0.2, 0.25) is 0 Å². The second-order valence-corrected chi connectivity index (χ2v) is 2.49. The standard InChI is InChI=1S/C10H16O2/c1-3-4-5-6-7-8-9-10(11)12-2/h3,6-9H2,1-2H3. The van der Waals surface area contributed by atoms with Gasteiger partial charge in [0.1, 0.15) is 0 Å². The molecule has 0 aromatic carbocycles. The van der Waals surface area contributed by atoms with Gasteiger partial charge < -0.3 is 4.74 Å². The molecule has 0 aliphatic carbocycles. The lowest BCUT2D eigenvalue weighted by Crippen LogP contribution is -1.98. The zero-order chi connectivity index (χ0) is 9.23. The van der Waals surface area contributed by atoms with Crippen molar-refractivity contribution in [1.82, 2.24) is 0 Å². The summed E-state index contributed by atoms with van der Waals surface area (Å²) < 4.78 is 4.50. The molecular formula is C10H16O2. The Labute approximate surface area is 74.3 Å². The number of hydrogen-bond donors (Lipinski definition) is 0. The van der Waals surface area contributed by atoms with Crippen LogP contribution in [0.1, 0.15) is 39.0 Å². The molecule has 2 nitrogen and oxygen atoms in total. The smallest absolute Gasteiger partial charge is 0.305 e. The first-order chi connectivity index (χ1) is 5.81. The quantitative estimate of drug-likeness (QED) is 0.365. The van der Waals surface area contributed by atoms with Gasteiger partial charge in [0, 0.05) is 19.3 Å². The van der Waals surface area contributed by atoms with Gasteiger partial charge in [-0.2, -0.15) is 0 Å². The Morgan fingerprint density at radius 1 is 1.33 bits per heavy atom. The van der Waals surface area contributed by atoms with Crippen LogP contribution in [0.2, 0.25) is 0 Å². The molecule has 0 N–H and O–H groups in total. The van der Waals surface area contributed by atoms with Crippen LogP contribution in [0.3, 0.4) is 0 Å². The number of methoxy groups -OCH3 is 1. The predicted octanol–water partition coefficient (Wildman–Crippen LogP) is 2.13. The molecule has 0 fully saturated rings. The number of carbonyl (C=O) groups excluding carboxylic acids is 1. The van der Waals surface area contributed by atoms with Crippen LogP contribution < -0.4 is 0 Å². The van der Waals surface area contributed by atoms with Gasteiger partial charge in [-0.15, -0.1) is 11.8 Å². The van der Waals surface area contributed by atoms with Gasteiger partial charge in [0.05, 0.1) is 7.11 Å². The van der Waals surface area contributed by atoms with E-state index in [2.05, 4.69) is 16.6 Å². The molecule has 0 spiro atoms. The van der Waals surface area contributed by atoms with Crippen molar-refractivity contribution < 1.29 is 9.53 Å². The number of carbonyl (C=O) groups is 1. The zero-order valence-corrected chi connectivity index (χ0v) is 7.85. The number of rotatable bonds is 4. The van der Waals surface area contributed by atoms with E-state index in [1.807, 2.05) is 6.92 Å². The Bertz CT molecular complexity index is 174. The summed E-state index contributed by atoms with van der Waals surface area (Å²) in [6.45, 7) is 2.03. The lowest BCUT2D eigenvalue weighted by Gasteiger charge is -1.95. The monoisotopic (exact) mass is 168 g/mol. The fourth-order valence-corrected chi connectivity index (χ4v) is 0.798. The van der Waals surface area contributed by atoms with E-state index in [0.29, 0.717) is 6.42 Å². The van der Waals surface area contributed by atoms with Gasteiger partial charge in [-0.1, -0.05) is 6.92 Å². The van der Waals surface area contributed by atoms with E-state index in [4.69, 9.17) is 0 Å². The molecular weight excluding hydrogens is 152 g/mol. The second kappa shape index (κ2) is 8.13. The van der Waals surface area contributed by atoms with Crippen LogP contribution in [0.15, 0.2) is 0 Å². The van der Waals surface area contributed by atoms with Crippen LogP contribution in [0, 0.1) is 11.8 Å². The maximum atomic E-state index is 10.6. The van der Waals surface area contributed by atoms with E-state index >= 15 is 0 Å². The minimum absolute atomic E-state index is 0.126. The normalized spacial score (nSPS) is 8.50. The third-order valence-electron chi connectivity index (χ3n) is 1.46. The Kier molecular flexibility index (Phi) is 7.47. The number of esters is 1. The molecule has 0 aromatic rings. The number of ether oxygens (including phenoxy) is 1. The minimum atomic E-state index is -0.126. The highest BCUT2D eigenvalue weighted by molar-refractivity contribution is 5.68. The summed E-state index contributed by atoms with van der Waals surface area (Å²) >= 11 is 0. The molecule has 0 unspecified atom stereocenters. The predicted molar refractivity (Wildman–Crippen MR) is 48.6 cm³/mol. The Morgan fingerprint density at radius 3 is 2.67 bits per heavy atom. The van der Waals surface area contributed by atoms with Crippen molar-refractivity contribution in [3.8, 4) is 11.8 Å². The molecule has 0 atom stereocenters. The fraction of sp³-hybridized carbons (Fsp3) is 0.700. The van der Waals surface area contributed by atoms with Gasteiger partial charge in [-0.05, 0) is 12.8 Å². The van der Waals surface area contributed by atoms with Crippen LogP contribution >= 0.6 is 0 Å². The van der Waals surface area contributed by atoms with E-state index in [-0.39, 0.29) is 5.97 Å². The van der Waals surface area contributed by atoms with E-state index in [1.54, 1.807) is 0 Å². The largest absolute Gasteiger partial charge is 0.469 e. The summed E-state index contributed by atoms with van der Waals surface area (Å²) in [5.74, 6) is 5.88. The van der Waals surface area contributed by atoms with E-state index in [9.17, 15) is 4.79 Å². The van der Waals surface area contributed by atoms with Crippen molar-refractivity contribution in [2.45, 2.75) is 39.0 Å². The molecule has 0 saturated heterocycles. The molecule has 0 aliphatic heterocycles. The van der Waals surface area contributed by atoms with Gasteiger partial charge in [-0.25, -0.2) is 0 Å². The summed E-state index contributed by atoms with van der Waals surface area (Å²) in [5, 5.41) is 0. The third-order valence-corrected chi connectivity index (χ3v) is 1.46. The van der Waals surface area contributed by atoms with E-state index in [1.165, 1.54) is 7.11 Å². The highest BCUT2D eigenvalue weighted by Crippen LogP contribution is 1.99. The van der Waals surface area contributed by atoms with Crippen molar-refractivity contribution in [2.75, 3.05) is 7.11 Å². The van der Waals surface area contributed by atoms with Gasteiger partial charge >= 0.3 is 5.97 Å². The SMILES string of the molecule is CCC#CCCCCC(=O)OC. The molecule has 0 heterocycles. The Morgan fingerprint density at radius 2 is 2.08 bits per heavy atom. The van der Waals surface area contributed by atoms with Crippen molar-refractivity contribution in [3.63, 3.8) is 0 Å². The van der Waals surface area contributed by atoms with Crippen LogP contribution in [0.5, 0.6) is 0 Å². The average Bonchev–Trinajstić information content (AvgIpc) is 2.10. The van der Waals surface area contributed by atoms with Crippen LogP contribution in [0.4, 0.5) is 0 Å². The highest BCUT2D eigenvalue weighted by Gasteiger charge is 1.97. The van der Waals surface area contributed by atoms with Crippen LogP contribution in [-0.4, -0.2) is 13.1 Å². The molecule has 0 aromatic heterocycles. The van der Waals surface area contributed by atoms with Crippen molar-refractivity contribution >= 4 is 5.97 Å². The zero-order valence-electron chi connectivity index (χ0n) is 7.85. The summed E-state index contributed by atoms with van der Waals surface area (Å²) in [4.78, 5) is 10.6. The number of unbranched alkanes of at least 4 members (excludes halogenated alkanes) is 2. The third kappa shape index (κ3) is 7.14. The van der Waals surface area contributed by atoms with Gasteiger partial charge in [-0.3, -0.25) is 4.79 Å². The van der Waals surface area contributed by atoms with Crippen molar-refractivity contribution in [2.24, 2.45) is 0 Å². The Balaban J connectivity index is 3.16. The van der Waals surface area contributed by atoms with Crippen LogP contribution in [-0.2, 0) is 9.53 Å². The maximum Gasteiger partial charge on any atom is 0.305 e. The minimum Gasteiger partial charge on any atom is -0.469 e. The summed E-state index contributed by atoms with van der Waals surface area (Å²) in [7, 11) is 1.42. The molecule has 0 bridgehead atoms. The first-order valence-electron chi connectivity index (χ1n) is 4.33. The van der Waals surface area contributed by atoms with E-state index < -0.39 is 0 Å². The molecule has 0 aliphatic rings. The summed E-state index contributed by atoms with van der Waals surface area (Å²) in [5.41, 5.74) is 0. The molecule has 0 radical (unpaired) electrons. The van der Waals surface area contributed by atoms with Crippen LogP contribution in [0.25, 0.3) is 0 Å². The summed E-state index contributed by atoms with van der Waals surface area (Å²) in [6, 6.07) is 0. The highest BCUT2D eigenvalue weighted by atomic mass is 16.5. The van der Waals surface area contributed by atoms with Gasteiger partial charge in [0.25, 0.3) is 0 Å². The average molecular weight is 168 g/mol. The maximum absolute atomic E-state index is 10.6. The van der Waals surface area contributed by atoms with Crippen molar-refractivity contribution in [1.29, 1.82) is 0 Å². The Hall–Kier alpha value is -0.970. The van der Waals surface area contributed by atoms with Gasteiger partial charge in [0.15, 0.2) is 0 Å². The molecule has 2 heteroatoms. The lowest BCUT2D eigenvalue weighted by molar-refractivity contribution is -0.140. The van der Waals surface area contributed by atoms with Crippen molar-refractivity contribution in [3.05, 3.63) is 0 Å². The topological polar surface area (TPSA) is 26.3 Å². The van der Waals surface area contributed by atoms with E-state index in [0.717, 1.165) is 25.7 Å². The molecule has 0 amide bonds. The number of hydrogen-bond acceptors (Lipinski definition) is 2. The first-order valence-corrected chi connectivity index (χ1v) is 4.33. The fourth-order valence-electron chi connectivity index (χ4n) is 0.798.